The highest BCUT2D eigenvalue weighted by Gasteiger charge is 2.27. The van der Waals surface area contributed by atoms with Gasteiger partial charge in [-0.2, -0.15) is 17.0 Å². The Bertz CT molecular complexity index is 298. The summed E-state index contributed by atoms with van der Waals surface area (Å²) in [5.41, 5.74) is 5.76. The molecule has 1 amide bonds. The van der Waals surface area contributed by atoms with E-state index in [4.69, 9.17) is 11.0 Å². The molecule has 4 nitrogen and oxygen atoms in total. The number of hydrogen-bond donors (Lipinski definition) is 1. The Kier molecular flexibility index (Phi) is 4.66. The number of carbonyl (C=O) groups is 1. The van der Waals surface area contributed by atoms with Gasteiger partial charge in [-0.25, -0.2) is 0 Å². The molecule has 0 aromatic carbocycles. The van der Waals surface area contributed by atoms with E-state index >= 15 is 0 Å². The first kappa shape index (κ1) is 12.1. The second kappa shape index (κ2) is 5.79. The molecule has 82 valence electrons. The molecule has 0 aromatic heterocycles. The Morgan fingerprint density at radius 2 is 2.60 bits per heavy atom. The summed E-state index contributed by atoms with van der Waals surface area (Å²) >= 11 is 1.67. The van der Waals surface area contributed by atoms with E-state index in [0.717, 1.165) is 5.75 Å². The van der Waals surface area contributed by atoms with Crippen molar-refractivity contribution < 1.29 is 4.79 Å². The summed E-state index contributed by atoms with van der Waals surface area (Å²) in [6.07, 6.45) is 6.20. The van der Waals surface area contributed by atoms with Gasteiger partial charge in [-0.3, -0.25) is 4.79 Å². The van der Waals surface area contributed by atoms with Crippen molar-refractivity contribution >= 4 is 17.7 Å². The van der Waals surface area contributed by atoms with Gasteiger partial charge in [0.25, 0.3) is 0 Å². The maximum absolute atomic E-state index is 11.8. The highest BCUT2D eigenvalue weighted by atomic mass is 32.2. The van der Waals surface area contributed by atoms with E-state index in [1.54, 1.807) is 17.8 Å². The number of nitrogens with two attached hydrogens (primary N) is 1. The van der Waals surface area contributed by atoms with Crippen LogP contribution in [0.5, 0.6) is 0 Å². The van der Waals surface area contributed by atoms with Crippen LogP contribution in [-0.2, 0) is 4.79 Å². The third-order valence-electron chi connectivity index (χ3n) is 2.32. The minimum atomic E-state index is -0.479. The molecule has 1 unspecified atom stereocenters. The predicted octanol–water partition coefficient (Wildman–Crippen LogP) is 0.357. The van der Waals surface area contributed by atoms with Crippen LogP contribution in [0, 0.1) is 11.3 Å². The number of hydrogen-bond acceptors (Lipinski definition) is 4. The molecule has 0 aromatic rings. The second-order valence-electron chi connectivity index (χ2n) is 3.38. The van der Waals surface area contributed by atoms with Crippen molar-refractivity contribution in [2.45, 2.75) is 18.5 Å². The molecule has 0 bridgehead atoms. The molecule has 0 saturated carbocycles. The lowest BCUT2D eigenvalue weighted by Gasteiger charge is -2.23. The van der Waals surface area contributed by atoms with E-state index < -0.39 is 12.1 Å². The number of thioether (sulfide) groups is 1. The molecule has 1 heterocycles. The van der Waals surface area contributed by atoms with Crippen LogP contribution in [0.4, 0.5) is 0 Å². The standard InChI is InChI=1S/C10H15N3OS/c1-15-6-4-9(12)10(14)13-5-2-3-8(13)7-11/h2-3,8-9H,4-6,12H2,1H3/t8-,9?/m0/s1. The van der Waals surface area contributed by atoms with Gasteiger partial charge in [0.05, 0.1) is 12.1 Å². The summed E-state index contributed by atoms with van der Waals surface area (Å²) in [6.45, 7) is 0.504. The molecular formula is C10H15N3OS. The quantitative estimate of drug-likeness (QED) is 0.701. The monoisotopic (exact) mass is 225 g/mol. The van der Waals surface area contributed by atoms with E-state index in [-0.39, 0.29) is 5.91 Å². The van der Waals surface area contributed by atoms with Crippen LogP contribution >= 0.6 is 11.8 Å². The van der Waals surface area contributed by atoms with Crippen LogP contribution in [0.2, 0.25) is 0 Å². The van der Waals surface area contributed by atoms with Crippen LogP contribution in [0.1, 0.15) is 6.42 Å². The predicted molar refractivity (Wildman–Crippen MR) is 61.2 cm³/mol. The molecule has 5 heteroatoms. The van der Waals surface area contributed by atoms with Gasteiger partial charge < -0.3 is 10.6 Å². The summed E-state index contributed by atoms with van der Waals surface area (Å²) in [7, 11) is 0. The topological polar surface area (TPSA) is 70.1 Å². The Hall–Kier alpha value is -0.990. The van der Waals surface area contributed by atoms with E-state index in [0.29, 0.717) is 13.0 Å². The first-order valence-corrected chi connectivity index (χ1v) is 6.21. The maximum Gasteiger partial charge on any atom is 0.241 e. The average molecular weight is 225 g/mol. The summed E-state index contributed by atoms with van der Waals surface area (Å²) in [6, 6.07) is 1.15. The van der Waals surface area contributed by atoms with Crippen molar-refractivity contribution in [1.82, 2.24) is 4.90 Å². The molecule has 2 atom stereocenters. The molecule has 0 fully saturated rings. The van der Waals surface area contributed by atoms with Crippen LogP contribution in [0.15, 0.2) is 12.2 Å². The molecule has 0 aliphatic carbocycles. The Balaban J connectivity index is 2.50. The fourth-order valence-electron chi connectivity index (χ4n) is 1.44. The van der Waals surface area contributed by atoms with Gasteiger partial charge in [0.15, 0.2) is 0 Å². The smallest absolute Gasteiger partial charge is 0.241 e. The zero-order valence-corrected chi connectivity index (χ0v) is 9.54. The summed E-state index contributed by atoms with van der Waals surface area (Å²) in [5, 5.41) is 8.80. The van der Waals surface area contributed by atoms with Crippen molar-refractivity contribution in [3.8, 4) is 6.07 Å². The van der Waals surface area contributed by atoms with Crippen molar-refractivity contribution in [2.75, 3.05) is 18.6 Å². The zero-order chi connectivity index (χ0) is 11.3. The van der Waals surface area contributed by atoms with Gasteiger partial charge in [-0.1, -0.05) is 6.08 Å². The van der Waals surface area contributed by atoms with Crippen LogP contribution in [0.3, 0.4) is 0 Å². The Morgan fingerprint density at radius 3 is 3.20 bits per heavy atom. The van der Waals surface area contributed by atoms with E-state index in [9.17, 15) is 4.79 Å². The fourth-order valence-corrected chi connectivity index (χ4v) is 1.93. The van der Waals surface area contributed by atoms with E-state index in [1.165, 1.54) is 4.90 Å². The molecule has 0 spiro atoms. The SMILES string of the molecule is CSCCC(N)C(=O)N1CC=C[C@H]1C#N. The van der Waals surface area contributed by atoms with Crippen molar-refractivity contribution in [3.63, 3.8) is 0 Å². The minimum Gasteiger partial charge on any atom is -0.320 e. The molecule has 15 heavy (non-hydrogen) atoms. The molecular weight excluding hydrogens is 210 g/mol. The van der Waals surface area contributed by atoms with E-state index in [1.807, 2.05) is 12.3 Å². The maximum atomic E-state index is 11.8. The number of amides is 1. The lowest BCUT2D eigenvalue weighted by molar-refractivity contribution is -0.132. The molecule has 1 aliphatic rings. The van der Waals surface area contributed by atoms with Crippen LogP contribution in [-0.4, -0.2) is 41.4 Å². The Labute approximate surface area is 94.1 Å². The number of nitriles is 1. The van der Waals surface area contributed by atoms with Gasteiger partial charge in [-0.15, -0.1) is 0 Å². The summed E-state index contributed by atoms with van der Waals surface area (Å²) < 4.78 is 0. The van der Waals surface area contributed by atoms with Gasteiger partial charge in [-0.05, 0) is 24.5 Å². The van der Waals surface area contributed by atoms with E-state index in [2.05, 4.69) is 6.07 Å². The normalized spacial score (nSPS) is 21.4. The molecule has 0 saturated heterocycles. The van der Waals surface area contributed by atoms with Crippen molar-refractivity contribution in [3.05, 3.63) is 12.2 Å². The first-order chi connectivity index (χ1) is 7.20. The third kappa shape index (κ3) is 2.98. The molecule has 1 aliphatic heterocycles. The lowest BCUT2D eigenvalue weighted by atomic mass is 10.2. The lowest BCUT2D eigenvalue weighted by Crippen LogP contribution is -2.46. The zero-order valence-electron chi connectivity index (χ0n) is 8.72. The summed E-state index contributed by atoms with van der Waals surface area (Å²) in [5.74, 6) is 0.742. The number of rotatable bonds is 4. The Morgan fingerprint density at radius 1 is 1.87 bits per heavy atom. The largest absolute Gasteiger partial charge is 0.320 e. The average Bonchev–Trinajstić information content (AvgIpc) is 2.72. The minimum absolute atomic E-state index is 0.124. The van der Waals surface area contributed by atoms with Crippen LogP contribution in [0.25, 0.3) is 0 Å². The van der Waals surface area contributed by atoms with Gasteiger partial charge in [0.2, 0.25) is 5.91 Å². The number of nitrogens with zero attached hydrogens (tertiary/aromatic N) is 2. The number of carbonyl (C=O) groups excluding carboxylic acids is 1. The van der Waals surface area contributed by atoms with Crippen molar-refractivity contribution in [1.29, 1.82) is 5.26 Å². The first-order valence-electron chi connectivity index (χ1n) is 4.82. The van der Waals surface area contributed by atoms with Gasteiger partial charge in [0, 0.05) is 6.54 Å². The summed E-state index contributed by atoms with van der Waals surface area (Å²) in [4.78, 5) is 13.3. The molecule has 0 radical (unpaired) electrons. The third-order valence-corrected chi connectivity index (χ3v) is 2.97. The van der Waals surface area contributed by atoms with Gasteiger partial charge >= 0.3 is 0 Å². The molecule has 1 rings (SSSR count). The second-order valence-corrected chi connectivity index (χ2v) is 4.37. The van der Waals surface area contributed by atoms with Crippen molar-refractivity contribution in [2.24, 2.45) is 5.73 Å². The highest BCUT2D eigenvalue weighted by molar-refractivity contribution is 7.98. The fraction of sp³-hybridized carbons (Fsp3) is 0.600. The van der Waals surface area contributed by atoms with Crippen LogP contribution < -0.4 is 5.73 Å². The van der Waals surface area contributed by atoms with Gasteiger partial charge in [0.1, 0.15) is 6.04 Å². The molecule has 2 N–H and O–H groups in total. The highest BCUT2D eigenvalue weighted by Crippen LogP contribution is 2.11.